The van der Waals surface area contributed by atoms with Crippen molar-refractivity contribution in [2.75, 3.05) is 18.0 Å². The first kappa shape index (κ1) is 24.2. The smallest absolute Gasteiger partial charge is 0.210 e. The quantitative estimate of drug-likeness (QED) is 0.156. The van der Waals surface area contributed by atoms with E-state index in [-0.39, 0.29) is 0 Å². The summed E-state index contributed by atoms with van der Waals surface area (Å²) >= 11 is 0. The van der Waals surface area contributed by atoms with E-state index in [4.69, 9.17) is 0 Å². The molecule has 0 unspecified atom stereocenters. The van der Waals surface area contributed by atoms with Gasteiger partial charge in [0.2, 0.25) is 11.5 Å². The molecule has 0 atom stereocenters. The summed E-state index contributed by atoms with van der Waals surface area (Å²) in [5.74, 6) is -9.65. The Bertz CT molecular complexity index is 1350. The molecule has 2 aliphatic rings. The van der Waals surface area contributed by atoms with Crippen molar-refractivity contribution < 1.29 is 26.5 Å². The van der Waals surface area contributed by atoms with Crippen LogP contribution >= 0.6 is 0 Å². The fourth-order valence-corrected chi connectivity index (χ4v) is 5.21. The van der Waals surface area contributed by atoms with Gasteiger partial charge in [0, 0.05) is 36.5 Å². The minimum absolute atomic E-state index is 0.500. The number of benzene rings is 3. The molecule has 0 spiro atoms. The number of hydrogen-bond donors (Lipinski definition) is 0. The standard InChI is InChI=1S/C29H26F5N2/c1-29(2)21-7-3-4-8-22(21)36(17-20-24(30)26(32)28(34)27(33)25(20)31)23(29)14-11-18-9-12-19(13-10-18)35-15-5-6-16-35/h3-4,7-14H,5-6,15-17H2,1-2H3/q+1. The van der Waals surface area contributed by atoms with Gasteiger partial charge in [-0.2, -0.15) is 4.58 Å². The highest BCUT2D eigenvalue weighted by atomic mass is 19.2. The van der Waals surface area contributed by atoms with Gasteiger partial charge in [-0.05, 0) is 50.5 Å². The van der Waals surface area contributed by atoms with Crippen LogP contribution in [-0.2, 0) is 12.0 Å². The van der Waals surface area contributed by atoms with Crippen LogP contribution in [0.5, 0.6) is 0 Å². The zero-order chi connectivity index (χ0) is 25.6. The molecule has 3 aromatic carbocycles. The molecule has 7 heteroatoms. The lowest BCUT2D eigenvalue weighted by atomic mass is 9.81. The summed E-state index contributed by atoms with van der Waals surface area (Å²) < 4.78 is 72.3. The summed E-state index contributed by atoms with van der Waals surface area (Å²) in [5, 5.41) is 0. The van der Waals surface area contributed by atoms with Gasteiger partial charge in [0.1, 0.15) is 0 Å². The molecule has 2 aliphatic heterocycles. The number of hydrogen-bond acceptors (Lipinski definition) is 1. The Labute approximate surface area is 207 Å². The van der Waals surface area contributed by atoms with Gasteiger partial charge in [0.05, 0.1) is 11.0 Å². The van der Waals surface area contributed by atoms with Crippen LogP contribution in [0, 0.1) is 29.1 Å². The van der Waals surface area contributed by atoms with E-state index in [1.165, 1.54) is 18.5 Å². The Morgan fingerprint density at radius 3 is 2.00 bits per heavy atom. The van der Waals surface area contributed by atoms with Crippen molar-refractivity contribution in [1.82, 2.24) is 0 Å². The number of halogens is 5. The number of para-hydroxylation sites is 1. The number of rotatable bonds is 5. The van der Waals surface area contributed by atoms with Crippen molar-refractivity contribution in [2.45, 2.75) is 38.6 Å². The molecule has 2 nitrogen and oxygen atoms in total. The molecule has 0 aliphatic carbocycles. The molecule has 0 saturated carbocycles. The second-order valence-corrected chi connectivity index (χ2v) is 9.78. The molecule has 0 bridgehead atoms. The van der Waals surface area contributed by atoms with Crippen LogP contribution in [0.2, 0.25) is 0 Å². The summed E-state index contributed by atoms with van der Waals surface area (Å²) in [6, 6.07) is 15.5. The highest BCUT2D eigenvalue weighted by Crippen LogP contribution is 2.41. The lowest BCUT2D eigenvalue weighted by Crippen LogP contribution is -2.28. The molecule has 0 aromatic heterocycles. The van der Waals surface area contributed by atoms with Crippen LogP contribution in [0.1, 0.15) is 43.4 Å². The van der Waals surface area contributed by atoms with Crippen molar-refractivity contribution in [1.29, 1.82) is 0 Å². The maximum absolute atomic E-state index is 14.6. The third-order valence-electron chi connectivity index (χ3n) is 7.21. The van der Waals surface area contributed by atoms with Crippen LogP contribution in [-0.4, -0.2) is 23.4 Å². The highest BCUT2D eigenvalue weighted by Gasteiger charge is 2.45. The van der Waals surface area contributed by atoms with E-state index in [1.807, 2.05) is 50.3 Å². The van der Waals surface area contributed by atoms with Gasteiger partial charge in [-0.15, -0.1) is 0 Å². The Morgan fingerprint density at radius 1 is 0.778 bits per heavy atom. The normalized spacial score (nSPS) is 16.9. The van der Waals surface area contributed by atoms with Crippen LogP contribution in [0.25, 0.3) is 6.08 Å². The first-order valence-corrected chi connectivity index (χ1v) is 12.0. The lowest BCUT2D eigenvalue weighted by Gasteiger charge is -2.17. The van der Waals surface area contributed by atoms with Crippen molar-refractivity contribution in [3.05, 3.63) is 100 Å². The van der Waals surface area contributed by atoms with Crippen LogP contribution in [0.3, 0.4) is 0 Å². The molecule has 5 rings (SSSR count). The molecule has 1 fully saturated rings. The van der Waals surface area contributed by atoms with Crippen molar-refractivity contribution >= 4 is 23.2 Å². The van der Waals surface area contributed by atoms with Crippen LogP contribution < -0.4 is 4.90 Å². The van der Waals surface area contributed by atoms with E-state index in [2.05, 4.69) is 17.0 Å². The minimum atomic E-state index is -2.16. The van der Waals surface area contributed by atoms with E-state index >= 15 is 0 Å². The van der Waals surface area contributed by atoms with Crippen molar-refractivity contribution in [2.24, 2.45) is 0 Å². The summed E-state index contributed by atoms with van der Waals surface area (Å²) in [6.45, 7) is 5.54. The molecular weight excluding hydrogens is 471 g/mol. The fraction of sp³-hybridized carbons (Fsp3) is 0.276. The Morgan fingerprint density at radius 2 is 1.36 bits per heavy atom. The monoisotopic (exact) mass is 497 g/mol. The molecule has 0 amide bonds. The number of fused-ring (bicyclic) bond motifs is 1. The van der Waals surface area contributed by atoms with Crippen LogP contribution in [0.4, 0.5) is 33.3 Å². The van der Waals surface area contributed by atoms with Gasteiger partial charge in [-0.25, -0.2) is 22.0 Å². The van der Waals surface area contributed by atoms with Gasteiger partial charge < -0.3 is 4.90 Å². The Kier molecular flexibility index (Phi) is 6.18. The van der Waals surface area contributed by atoms with E-state index in [9.17, 15) is 22.0 Å². The fourth-order valence-electron chi connectivity index (χ4n) is 5.21. The number of anilines is 1. The Hall–Kier alpha value is -3.48. The SMILES string of the molecule is CC1(C)C(/C=C/c2ccc(N3CCCC3)cc2)=[N+](Cc2c(F)c(F)c(F)c(F)c2F)c2ccccc21. The van der Waals surface area contributed by atoms with E-state index < -0.39 is 46.6 Å². The van der Waals surface area contributed by atoms with Crippen molar-refractivity contribution in [3.8, 4) is 0 Å². The Balaban J connectivity index is 1.57. The summed E-state index contributed by atoms with van der Waals surface area (Å²) in [6.07, 6.45) is 6.14. The predicted molar refractivity (Wildman–Crippen MR) is 131 cm³/mol. The predicted octanol–water partition coefficient (Wildman–Crippen LogP) is 7.27. The van der Waals surface area contributed by atoms with Gasteiger partial charge in [0.25, 0.3) is 0 Å². The topological polar surface area (TPSA) is 6.25 Å². The second-order valence-electron chi connectivity index (χ2n) is 9.78. The first-order chi connectivity index (χ1) is 17.2. The molecule has 1 saturated heterocycles. The zero-order valence-corrected chi connectivity index (χ0v) is 20.1. The largest absolute Gasteiger partial charge is 0.372 e. The van der Waals surface area contributed by atoms with Gasteiger partial charge >= 0.3 is 0 Å². The average Bonchev–Trinajstić information content (AvgIpc) is 3.49. The summed E-state index contributed by atoms with van der Waals surface area (Å²) in [4.78, 5) is 2.34. The van der Waals surface area contributed by atoms with Crippen molar-refractivity contribution in [3.63, 3.8) is 0 Å². The average molecular weight is 498 g/mol. The summed E-state index contributed by atoms with van der Waals surface area (Å²) in [7, 11) is 0. The maximum atomic E-state index is 14.6. The highest BCUT2D eigenvalue weighted by molar-refractivity contribution is 6.05. The van der Waals surface area contributed by atoms with Gasteiger partial charge in [-0.1, -0.05) is 30.3 Å². The minimum Gasteiger partial charge on any atom is -0.372 e. The molecule has 0 N–H and O–H groups in total. The van der Waals surface area contributed by atoms with E-state index in [0.717, 1.165) is 24.2 Å². The van der Waals surface area contributed by atoms with Crippen LogP contribution in [0.15, 0.2) is 54.6 Å². The summed E-state index contributed by atoms with van der Waals surface area (Å²) in [5.41, 5.74) is 2.93. The molecule has 2 heterocycles. The third-order valence-corrected chi connectivity index (χ3v) is 7.21. The molecule has 186 valence electrons. The third kappa shape index (κ3) is 4.00. The molecule has 3 aromatic rings. The molecule has 0 radical (unpaired) electrons. The molecular formula is C29H26F5N2+. The molecule has 36 heavy (non-hydrogen) atoms. The zero-order valence-electron chi connectivity index (χ0n) is 20.1. The second kappa shape index (κ2) is 9.19. The van der Waals surface area contributed by atoms with Gasteiger partial charge in [-0.3, -0.25) is 0 Å². The number of allylic oxidation sites excluding steroid dienone is 1. The van der Waals surface area contributed by atoms with E-state index in [0.29, 0.717) is 11.4 Å². The maximum Gasteiger partial charge on any atom is 0.210 e. The first-order valence-electron chi connectivity index (χ1n) is 12.0. The lowest BCUT2D eigenvalue weighted by molar-refractivity contribution is -0.455. The van der Waals surface area contributed by atoms with E-state index in [1.54, 1.807) is 16.7 Å². The van der Waals surface area contributed by atoms with Gasteiger partial charge in [0.15, 0.2) is 35.5 Å². The number of nitrogens with zero attached hydrogens (tertiary/aromatic N) is 2.